The fourth-order valence-corrected chi connectivity index (χ4v) is 21.4. The Balaban J connectivity index is 0.708. The number of aromatic amines is 1. The van der Waals surface area contributed by atoms with Crippen LogP contribution in [0.15, 0.2) is 97.1 Å². The summed E-state index contributed by atoms with van der Waals surface area (Å²) in [6, 6.07) is 21.1. The van der Waals surface area contributed by atoms with Crippen LogP contribution < -0.4 is 52.6 Å². The third-order valence-electron chi connectivity index (χ3n) is 25.8. The summed E-state index contributed by atoms with van der Waals surface area (Å²) in [4.78, 5) is 193. The molecule has 126 heavy (non-hydrogen) atoms. The van der Waals surface area contributed by atoms with Gasteiger partial charge in [0.05, 0.1) is 56.6 Å². The minimum atomic E-state index is -2.41. The van der Waals surface area contributed by atoms with Crippen LogP contribution >= 0.6 is 21.6 Å². The van der Waals surface area contributed by atoms with E-state index in [2.05, 4.69) is 102 Å². The molecule has 1 aliphatic carbocycles. The summed E-state index contributed by atoms with van der Waals surface area (Å²) in [5.74, 6) is -13.7. The van der Waals surface area contributed by atoms with Gasteiger partial charge in [0, 0.05) is 139 Å². The van der Waals surface area contributed by atoms with Crippen molar-refractivity contribution in [1.29, 1.82) is 0 Å². The first-order chi connectivity index (χ1) is 60.1. The van der Waals surface area contributed by atoms with Crippen molar-refractivity contribution in [1.82, 2.24) is 52.0 Å². The number of carbonyl (C=O) groups is 14. The number of methoxy groups -OCH3 is 1. The predicted octanol–water partition coefficient (Wildman–Crippen LogP) is 5.45. The molecule has 37 heteroatoms. The minimum Gasteiger partial charge on any atom is -0.496 e. The van der Waals surface area contributed by atoms with E-state index < -0.39 is 199 Å². The van der Waals surface area contributed by atoms with E-state index in [0.29, 0.717) is 42.7 Å². The molecule has 3 saturated heterocycles. The number of benzene rings is 4. The maximum atomic E-state index is 15.3. The first-order valence-corrected chi connectivity index (χ1v) is 45.3. The van der Waals surface area contributed by atoms with Crippen LogP contribution in [0.5, 0.6) is 5.75 Å². The standard InChI is InChI=1S/C89H118N12O23S2/c1-7-86(4)30-17-34-100(50-86)48-59-57-23-15-16-24-62(57)95-76(59)52(3)58-43-60-66(45-69(58)122-6)99(5)82-88(60)32-36-101-35-18-31-87(8-2,81(88)101)83(118)89(82,121)70(105)47-93-85(120)123-37-38-125-126-49-56(79(114)115)42-68(104)65(44-75(110)111)96-78(113)61(90)46-92-77(112)55(39-53-19-11-9-12-20-53)41-67(103)64(40-54-21-13-10-14-22-54)94-72(107)29-33-91-71(106)26-25-63(80(116)117)97-84(119)98-73(124-51-102)27-28-74(108)109/h9-16,19-24,43,45,51-52,55-56,61,63-65,73,81-83,95,118,121H,7-8,17-18,25-42,44,46-50,90H2,1-6H3,(H,91,106)(H,92,112)(H,93,120)(H,94,107)(H,96,113)(H,108,109)(H,110,111)(H,114,115)(H,116,117)(H2,97,98,119)/t52-,55+,56-,61-,63-,64-,65-,73+,81-,82?,83+,86+,87+,88+,89-/m0/s1. The Hall–Kier alpha value is -10.7. The molecule has 10 rings (SSSR count). The van der Waals surface area contributed by atoms with Gasteiger partial charge < -0.3 is 97.7 Å². The molecule has 15 atom stereocenters. The minimum absolute atomic E-state index is 0.0323. The lowest BCUT2D eigenvalue weighted by Gasteiger charge is -2.65. The average molecular weight is 1790 g/mol. The fraction of sp³-hybridized carbons (Fsp3) is 0.551. The molecule has 4 aliphatic heterocycles. The predicted molar refractivity (Wildman–Crippen MR) is 467 cm³/mol. The Labute approximate surface area is 738 Å². The molecule has 0 radical (unpaired) electrons. The van der Waals surface area contributed by atoms with Crippen molar-refractivity contribution in [2.24, 2.45) is 28.4 Å². The molecule has 1 unspecified atom stereocenters. The largest absolute Gasteiger partial charge is 0.496 e. The summed E-state index contributed by atoms with van der Waals surface area (Å²) in [6.45, 7) is 11.2. The summed E-state index contributed by atoms with van der Waals surface area (Å²) < 4.78 is 16.4. The third kappa shape index (κ3) is 23.4. The van der Waals surface area contributed by atoms with E-state index in [-0.39, 0.29) is 74.2 Å². The molecule has 684 valence electrons. The number of aliphatic hydroxyl groups excluding tert-OH is 1. The molecule has 5 aromatic rings. The third-order valence-corrected chi connectivity index (χ3v) is 28.3. The molecule has 7 amide bonds. The summed E-state index contributed by atoms with van der Waals surface area (Å²) in [7, 11) is 5.59. The quantitative estimate of drug-likeness (QED) is 0.00995. The molecule has 5 heterocycles. The van der Waals surface area contributed by atoms with Gasteiger partial charge in [0.25, 0.3) is 6.47 Å². The van der Waals surface area contributed by atoms with Crippen LogP contribution in [0, 0.1) is 22.7 Å². The van der Waals surface area contributed by atoms with Gasteiger partial charge in [-0.1, -0.05) is 128 Å². The van der Waals surface area contributed by atoms with E-state index in [4.69, 9.17) is 20.3 Å². The molecule has 4 aromatic carbocycles. The smallest absolute Gasteiger partial charge is 0.407 e. The number of ether oxygens (including phenoxy) is 3. The SMILES string of the molecule is CC[C@]1(C)CCCN(Cc2c([C@@H](C)c3cc4c(cc3OC)N(C)C3[C@]45CCN4CCC[C@@](CC)([C@@H](O)[C@]3(O)C(=O)CNC(=O)OCCSSC[C@H](CC(=O)[C@H](CC(=O)O)NC(=O)[C@@H](N)CNC(=O)[C@@H](CC(=O)[C@H](Cc3ccccc3)NC(=O)CCNC(=O)CC[C@H](NC(=O)N[C@@H](CCC(=O)O)OC=O)C(=O)O)Cc3ccccc3)C(=O)O)[C@H]45)[nH]c3ccccc23)C1. The number of hydrogen-bond acceptors (Lipinski definition) is 25. The zero-order valence-electron chi connectivity index (χ0n) is 71.8. The summed E-state index contributed by atoms with van der Waals surface area (Å²) >= 11 is 0. The number of aromatic nitrogens is 1. The first-order valence-electron chi connectivity index (χ1n) is 42.8. The van der Waals surface area contributed by atoms with Crippen molar-refractivity contribution in [2.45, 2.75) is 209 Å². The number of hydrogen-bond donors (Lipinski definition) is 15. The number of urea groups is 1. The lowest BCUT2D eigenvalue weighted by atomic mass is 9.46. The molecule has 1 saturated carbocycles. The topological polar surface area (TPSA) is 524 Å². The van der Waals surface area contributed by atoms with Crippen molar-refractivity contribution in [3.8, 4) is 5.75 Å². The molecule has 5 aliphatic rings. The maximum absolute atomic E-state index is 15.3. The molecule has 1 spiro atoms. The number of carbonyl (C=O) groups excluding carboxylic acids is 10. The number of nitrogens with one attached hydrogen (secondary N) is 8. The van der Waals surface area contributed by atoms with Crippen molar-refractivity contribution in [3.63, 3.8) is 0 Å². The van der Waals surface area contributed by atoms with Gasteiger partial charge in [-0.3, -0.25) is 62.5 Å². The highest BCUT2D eigenvalue weighted by Crippen LogP contribution is 2.68. The summed E-state index contributed by atoms with van der Waals surface area (Å²) in [6.07, 6.45) is -2.62. The number of ketones is 3. The lowest BCUT2D eigenvalue weighted by Crippen LogP contribution is -2.81. The number of H-pyrrole nitrogens is 1. The molecule has 1 aromatic heterocycles. The number of nitrogens with zero attached hydrogens (tertiary/aromatic N) is 3. The van der Waals surface area contributed by atoms with Gasteiger partial charge in [0.15, 0.2) is 29.2 Å². The van der Waals surface area contributed by atoms with Crippen molar-refractivity contribution in [3.05, 3.63) is 131 Å². The maximum Gasteiger partial charge on any atom is 0.407 e. The number of amides is 7. The molecular weight excluding hydrogens is 1670 g/mol. The van der Waals surface area contributed by atoms with E-state index in [1.54, 1.807) is 67.8 Å². The summed E-state index contributed by atoms with van der Waals surface area (Å²) in [5, 5.41) is 83.4. The van der Waals surface area contributed by atoms with E-state index in [0.717, 1.165) is 95.1 Å². The van der Waals surface area contributed by atoms with Gasteiger partial charge in [-0.15, -0.1) is 0 Å². The average Bonchev–Trinajstić information content (AvgIpc) is 1.47. The number of para-hydroxylation sites is 1. The fourth-order valence-electron chi connectivity index (χ4n) is 19.3. The van der Waals surface area contributed by atoms with Crippen LogP contribution in [0.25, 0.3) is 10.9 Å². The van der Waals surface area contributed by atoms with Crippen LogP contribution in [0.4, 0.5) is 15.3 Å². The number of nitrogens with two attached hydrogens (primary N) is 1. The van der Waals surface area contributed by atoms with Gasteiger partial charge in [0.2, 0.25) is 23.6 Å². The van der Waals surface area contributed by atoms with Crippen molar-refractivity contribution < 1.29 is 112 Å². The van der Waals surface area contributed by atoms with Crippen LogP contribution in [0.2, 0.25) is 0 Å². The molecular formula is C89H118N12O23S2. The Bertz CT molecular complexity index is 4760. The second-order valence-corrected chi connectivity index (χ2v) is 36.6. The van der Waals surface area contributed by atoms with Gasteiger partial charge in [-0.25, -0.2) is 14.4 Å². The molecule has 16 N–H and O–H groups in total. The highest BCUT2D eigenvalue weighted by atomic mass is 33.1. The van der Waals surface area contributed by atoms with Gasteiger partial charge in [-0.05, 0) is 124 Å². The Morgan fingerprint density at radius 1 is 0.690 bits per heavy atom. The number of piperidine rings is 2. The Kier molecular flexibility index (Phi) is 34.2. The highest BCUT2D eigenvalue weighted by Gasteiger charge is 2.79. The number of carboxylic acid groups (broad SMARTS) is 4. The number of Topliss-reactive ketones (excluding diaryl/α,β-unsaturated/α-hetero) is 3. The number of fused-ring (bicyclic) bond motifs is 2. The number of likely N-dealkylation sites (tertiary alicyclic amines) is 1. The Morgan fingerprint density at radius 3 is 2.04 bits per heavy atom. The number of aliphatic carboxylic acids is 4. The van der Waals surface area contributed by atoms with Crippen molar-refractivity contribution >= 4 is 122 Å². The monoisotopic (exact) mass is 1790 g/mol. The Morgan fingerprint density at radius 2 is 1.37 bits per heavy atom. The molecule has 4 fully saturated rings. The normalized spacial score (nSPS) is 22.5. The van der Waals surface area contributed by atoms with Gasteiger partial charge >= 0.3 is 36.0 Å². The number of rotatable bonds is 49. The van der Waals surface area contributed by atoms with Crippen molar-refractivity contribution in [2.75, 3.05) is 83.0 Å². The molecule has 35 nitrogen and oxygen atoms in total. The zero-order valence-corrected chi connectivity index (χ0v) is 73.5. The van der Waals surface area contributed by atoms with Gasteiger partial charge in [0.1, 0.15) is 24.4 Å². The number of carboxylic acids is 4. The van der Waals surface area contributed by atoms with Crippen LogP contribution in [0.3, 0.4) is 0 Å². The lowest BCUT2D eigenvalue weighted by molar-refractivity contribution is -0.220. The number of aliphatic hydroxyl groups is 2. The van der Waals surface area contributed by atoms with Crippen LogP contribution in [0.1, 0.15) is 163 Å². The highest BCUT2D eigenvalue weighted by molar-refractivity contribution is 8.76. The summed E-state index contributed by atoms with van der Waals surface area (Å²) in [5.41, 5.74) is 9.54. The second kappa shape index (κ2) is 44.2. The van der Waals surface area contributed by atoms with E-state index in [9.17, 15) is 87.9 Å². The molecule has 0 bridgehead atoms. The van der Waals surface area contributed by atoms with E-state index in [1.807, 2.05) is 31.0 Å². The van der Waals surface area contributed by atoms with E-state index in [1.165, 1.54) is 17.4 Å². The number of likely N-dealkylation sites (N-methyl/N-ethyl adjacent to an activating group) is 1. The number of alkyl carbamates (subject to hydrolysis) is 1. The number of anilines is 1. The van der Waals surface area contributed by atoms with E-state index >= 15 is 4.79 Å². The zero-order chi connectivity index (χ0) is 91.4. The van der Waals surface area contributed by atoms with Gasteiger partial charge in [-0.2, -0.15) is 0 Å². The van der Waals surface area contributed by atoms with Crippen LogP contribution in [-0.2, 0) is 91.8 Å². The second-order valence-electron chi connectivity index (χ2n) is 33.9. The van der Waals surface area contributed by atoms with Crippen LogP contribution in [-0.4, -0.2) is 261 Å². The first kappa shape index (κ1) is 97.5.